The molecule has 0 heterocycles. The fourth-order valence-corrected chi connectivity index (χ4v) is 3.00. The topological polar surface area (TPSA) is 54.5 Å². The van der Waals surface area contributed by atoms with Gasteiger partial charge >= 0.3 is 0 Å². The Bertz CT molecular complexity index is 482. The minimum atomic E-state index is -3.26. The lowest BCUT2D eigenvalue weighted by atomic mass is 10.2. The zero-order chi connectivity index (χ0) is 13.6. The first-order valence-corrected chi connectivity index (χ1v) is 7.63. The SMILES string of the molecule is CC(=O)CS(=O)(=O)CCN(C)Cc1ccccc1. The van der Waals surface area contributed by atoms with Gasteiger partial charge in [-0.3, -0.25) is 4.79 Å². The molecule has 0 spiro atoms. The maximum atomic E-state index is 11.6. The minimum Gasteiger partial charge on any atom is -0.301 e. The monoisotopic (exact) mass is 269 g/mol. The van der Waals surface area contributed by atoms with E-state index in [1.165, 1.54) is 6.92 Å². The second-order valence-corrected chi connectivity index (χ2v) is 6.70. The molecular formula is C13H19NO3S. The summed E-state index contributed by atoms with van der Waals surface area (Å²) >= 11 is 0. The van der Waals surface area contributed by atoms with E-state index >= 15 is 0 Å². The number of rotatable bonds is 7. The Kier molecular flexibility index (Phi) is 5.50. The number of carbonyl (C=O) groups is 1. The van der Waals surface area contributed by atoms with E-state index in [1.807, 2.05) is 42.3 Å². The van der Waals surface area contributed by atoms with E-state index < -0.39 is 9.84 Å². The standard InChI is InChI=1S/C13H19NO3S/c1-12(15)11-18(16,17)9-8-14(2)10-13-6-4-3-5-7-13/h3-7H,8-11H2,1-2H3. The molecule has 0 saturated carbocycles. The molecule has 0 N–H and O–H groups in total. The Balaban J connectivity index is 2.42. The van der Waals surface area contributed by atoms with Crippen LogP contribution < -0.4 is 0 Å². The lowest BCUT2D eigenvalue weighted by Gasteiger charge is -2.16. The quantitative estimate of drug-likeness (QED) is 0.744. The molecule has 0 fully saturated rings. The van der Waals surface area contributed by atoms with Gasteiger partial charge < -0.3 is 4.90 Å². The number of hydrogen-bond donors (Lipinski definition) is 0. The molecule has 0 atom stereocenters. The summed E-state index contributed by atoms with van der Waals surface area (Å²) < 4.78 is 23.1. The molecule has 18 heavy (non-hydrogen) atoms. The van der Waals surface area contributed by atoms with Gasteiger partial charge in [-0.2, -0.15) is 0 Å². The van der Waals surface area contributed by atoms with E-state index in [2.05, 4.69) is 0 Å². The van der Waals surface area contributed by atoms with E-state index in [-0.39, 0.29) is 17.3 Å². The Hall–Kier alpha value is -1.20. The van der Waals surface area contributed by atoms with Crippen LogP contribution in [0, 0.1) is 0 Å². The molecule has 0 amide bonds. The zero-order valence-corrected chi connectivity index (χ0v) is 11.6. The summed E-state index contributed by atoms with van der Waals surface area (Å²) in [6.45, 7) is 2.44. The molecule has 1 aromatic carbocycles. The van der Waals surface area contributed by atoms with Gasteiger partial charge in [0, 0.05) is 13.1 Å². The molecule has 0 aliphatic rings. The second-order valence-electron chi connectivity index (χ2n) is 4.52. The van der Waals surface area contributed by atoms with Crippen LogP contribution >= 0.6 is 0 Å². The third kappa shape index (κ3) is 5.93. The predicted octanol–water partition coefficient (Wildman–Crippen LogP) is 1.12. The van der Waals surface area contributed by atoms with Crippen molar-refractivity contribution in [1.29, 1.82) is 0 Å². The van der Waals surface area contributed by atoms with Gasteiger partial charge in [0.05, 0.1) is 5.75 Å². The van der Waals surface area contributed by atoms with Crippen LogP contribution in [0.2, 0.25) is 0 Å². The van der Waals surface area contributed by atoms with Crippen LogP contribution in [-0.2, 0) is 21.2 Å². The Morgan fingerprint density at radius 2 is 1.83 bits per heavy atom. The first-order chi connectivity index (χ1) is 8.39. The summed E-state index contributed by atoms with van der Waals surface area (Å²) in [5.41, 5.74) is 1.14. The van der Waals surface area contributed by atoms with Crippen molar-refractivity contribution in [1.82, 2.24) is 4.90 Å². The Morgan fingerprint density at radius 1 is 1.22 bits per heavy atom. The molecule has 0 radical (unpaired) electrons. The van der Waals surface area contributed by atoms with Crippen molar-refractivity contribution in [2.24, 2.45) is 0 Å². The van der Waals surface area contributed by atoms with E-state index in [1.54, 1.807) is 0 Å². The van der Waals surface area contributed by atoms with Crippen molar-refractivity contribution in [2.45, 2.75) is 13.5 Å². The number of ketones is 1. The number of benzene rings is 1. The smallest absolute Gasteiger partial charge is 0.158 e. The highest BCUT2D eigenvalue weighted by Gasteiger charge is 2.14. The molecule has 1 rings (SSSR count). The van der Waals surface area contributed by atoms with Crippen LogP contribution in [0.5, 0.6) is 0 Å². The molecule has 0 aliphatic heterocycles. The molecule has 4 nitrogen and oxygen atoms in total. The van der Waals surface area contributed by atoms with Crippen LogP contribution in [-0.4, -0.2) is 44.2 Å². The number of sulfone groups is 1. The summed E-state index contributed by atoms with van der Waals surface area (Å²) in [4.78, 5) is 12.7. The minimum absolute atomic E-state index is 0.0237. The molecule has 100 valence electrons. The number of carbonyl (C=O) groups excluding carboxylic acids is 1. The van der Waals surface area contributed by atoms with Crippen LogP contribution in [0.4, 0.5) is 0 Å². The second kappa shape index (κ2) is 6.66. The Morgan fingerprint density at radius 3 is 2.39 bits per heavy atom. The van der Waals surface area contributed by atoms with Crippen LogP contribution in [0.1, 0.15) is 12.5 Å². The Labute approximate surface area is 109 Å². The highest BCUT2D eigenvalue weighted by atomic mass is 32.2. The maximum absolute atomic E-state index is 11.6. The molecule has 0 saturated heterocycles. The average molecular weight is 269 g/mol. The lowest BCUT2D eigenvalue weighted by molar-refractivity contribution is -0.114. The van der Waals surface area contributed by atoms with Gasteiger partial charge in [0.1, 0.15) is 11.5 Å². The van der Waals surface area contributed by atoms with Crippen molar-refractivity contribution in [2.75, 3.05) is 25.1 Å². The molecular weight excluding hydrogens is 250 g/mol. The van der Waals surface area contributed by atoms with Gasteiger partial charge in [0.15, 0.2) is 9.84 Å². The number of Topliss-reactive ketones (excluding diaryl/α,β-unsaturated/α-hetero) is 1. The molecule has 0 aromatic heterocycles. The van der Waals surface area contributed by atoms with Gasteiger partial charge in [-0.15, -0.1) is 0 Å². The fraction of sp³-hybridized carbons (Fsp3) is 0.462. The van der Waals surface area contributed by atoms with Crippen LogP contribution in [0.15, 0.2) is 30.3 Å². The summed E-state index contributed by atoms with van der Waals surface area (Å²) in [6, 6.07) is 9.85. The van der Waals surface area contributed by atoms with Crippen LogP contribution in [0.3, 0.4) is 0 Å². The third-order valence-corrected chi connectivity index (χ3v) is 4.15. The zero-order valence-electron chi connectivity index (χ0n) is 10.8. The summed E-state index contributed by atoms with van der Waals surface area (Å²) in [7, 11) is -1.39. The maximum Gasteiger partial charge on any atom is 0.158 e. The summed E-state index contributed by atoms with van der Waals surface area (Å²) in [6.07, 6.45) is 0. The average Bonchev–Trinajstić information content (AvgIpc) is 2.26. The fourth-order valence-electron chi connectivity index (χ4n) is 1.65. The van der Waals surface area contributed by atoms with Gasteiger partial charge in [-0.05, 0) is 19.5 Å². The number of nitrogens with zero attached hydrogens (tertiary/aromatic N) is 1. The summed E-state index contributed by atoms with van der Waals surface area (Å²) in [5, 5.41) is 0. The number of hydrogen-bond acceptors (Lipinski definition) is 4. The van der Waals surface area contributed by atoms with Gasteiger partial charge in [0.25, 0.3) is 0 Å². The van der Waals surface area contributed by atoms with Crippen molar-refractivity contribution >= 4 is 15.6 Å². The van der Waals surface area contributed by atoms with E-state index in [4.69, 9.17) is 0 Å². The first kappa shape index (κ1) is 14.9. The summed E-state index contributed by atoms with van der Waals surface area (Å²) in [5.74, 6) is -0.636. The van der Waals surface area contributed by atoms with Gasteiger partial charge in [-0.1, -0.05) is 30.3 Å². The van der Waals surface area contributed by atoms with Gasteiger partial charge in [-0.25, -0.2) is 8.42 Å². The molecule has 0 unspecified atom stereocenters. The van der Waals surface area contributed by atoms with Crippen molar-refractivity contribution in [3.05, 3.63) is 35.9 Å². The molecule has 5 heteroatoms. The largest absolute Gasteiger partial charge is 0.301 e. The van der Waals surface area contributed by atoms with Crippen molar-refractivity contribution in [3.8, 4) is 0 Å². The van der Waals surface area contributed by atoms with Crippen LogP contribution in [0.25, 0.3) is 0 Å². The van der Waals surface area contributed by atoms with E-state index in [0.717, 1.165) is 5.56 Å². The molecule has 0 aliphatic carbocycles. The van der Waals surface area contributed by atoms with E-state index in [0.29, 0.717) is 13.1 Å². The van der Waals surface area contributed by atoms with Gasteiger partial charge in [0.2, 0.25) is 0 Å². The highest BCUT2D eigenvalue weighted by molar-refractivity contribution is 7.92. The van der Waals surface area contributed by atoms with Crippen molar-refractivity contribution < 1.29 is 13.2 Å². The van der Waals surface area contributed by atoms with E-state index in [9.17, 15) is 13.2 Å². The highest BCUT2D eigenvalue weighted by Crippen LogP contribution is 2.03. The molecule has 0 bridgehead atoms. The predicted molar refractivity (Wildman–Crippen MR) is 72.1 cm³/mol. The molecule has 1 aromatic rings. The first-order valence-electron chi connectivity index (χ1n) is 5.81. The lowest BCUT2D eigenvalue weighted by Crippen LogP contribution is -2.27. The van der Waals surface area contributed by atoms with Crippen molar-refractivity contribution in [3.63, 3.8) is 0 Å². The third-order valence-electron chi connectivity index (χ3n) is 2.50. The normalized spacial score (nSPS) is 11.7.